The van der Waals surface area contributed by atoms with Crippen LogP contribution in [0.25, 0.3) is 67.5 Å². The minimum Gasteiger partial charge on any atom is -0.208 e. The Balaban J connectivity index is 1.30. The number of aromatic nitrogens is 3. The molecule has 0 atom stereocenters. The van der Waals surface area contributed by atoms with E-state index in [0.717, 1.165) is 44.5 Å². The fourth-order valence-corrected chi connectivity index (χ4v) is 8.52. The Bertz CT molecular complexity index is 2900. The summed E-state index contributed by atoms with van der Waals surface area (Å²) in [4.78, 5) is 15.8. The van der Waals surface area contributed by atoms with Crippen LogP contribution in [0.3, 0.4) is 0 Å². The van der Waals surface area contributed by atoms with Gasteiger partial charge in [0, 0.05) is 16.7 Å². The molecule has 8 aromatic carbocycles. The zero-order valence-corrected chi connectivity index (χ0v) is 30.9. The summed E-state index contributed by atoms with van der Waals surface area (Å²) in [6.07, 6.45) is 0. The minimum absolute atomic E-state index is 0.568. The van der Waals surface area contributed by atoms with Crippen LogP contribution < -0.4 is 0 Å². The van der Waals surface area contributed by atoms with Gasteiger partial charge in [-0.1, -0.05) is 182 Å². The topological polar surface area (TPSA) is 62.5 Å². The van der Waals surface area contributed by atoms with Crippen LogP contribution in [0.1, 0.15) is 27.8 Å². The molecule has 0 fully saturated rings. The zero-order chi connectivity index (χ0) is 38.2. The number of hydrogen-bond donors (Lipinski definition) is 0. The summed E-state index contributed by atoms with van der Waals surface area (Å²) in [6.45, 7) is 0. The first kappa shape index (κ1) is 33.8. The molecule has 266 valence electrons. The Kier molecular flexibility index (Phi) is 8.39. The first-order valence-electron chi connectivity index (χ1n) is 19.1. The molecule has 0 N–H and O–H groups in total. The normalized spacial score (nSPS) is 12.3. The molecule has 1 aliphatic carbocycles. The van der Waals surface area contributed by atoms with E-state index in [1.807, 2.05) is 66.7 Å². The smallest absolute Gasteiger partial charge is 0.164 e. The maximum Gasteiger partial charge on any atom is 0.164 e. The van der Waals surface area contributed by atoms with Crippen molar-refractivity contribution in [1.82, 2.24) is 15.0 Å². The lowest BCUT2D eigenvalue weighted by Crippen LogP contribution is -2.28. The molecule has 4 heteroatoms. The van der Waals surface area contributed by atoms with Gasteiger partial charge in [0.25, 0.3) is 0 Å². The van der Waals surface area contributed by atoms with Gasteiger partial charge in [0.2, 0.25) is 0 Å². The molecular formula is C53H34N4. The van der Waals surface area contributed by atoms with Gasteiger partial charge in [-0.3, -0.25) is 0 Å². The van der Waals surface area contributed by atoms with Crippen molar-refractivity contribution in [3.05, 3.63) is 234 Å². The quantitative estimate of drug-likeness (QED) is 0.164. The van der Waals surface area contributed by atoms with Crippen molar-refractivity contribution < 1.29 is 0 Å². The Hall–Kier alpha value is -7.74. The van der Waals surface area contributed by atoms with E-state index in [0.29, 0.717) is 23.0 Å². The van der Waals surface area contributed by atoms with Crippen LogP contribution in [0.5, 0.6) is 0 Å². The molecule has 0 spiro atoms. The van der Waals surface area contributed by atoms with Crippen molar-refractivity contribution in [3.8, 4) is 73.6 Å². The van der Waals surface area contributed by atoms with Crippen molar-refractivity contribution >= 4 is 0 Å². The summed E-state index contributed by atoms with van der Waals surface area (Å²) < 4.78 is 0. The molecule has 57 heavy (non-hydrogen) atoms. The van der Waals surface area contributed by atoms with Crippen molar-refractivity contribution in [1.29, 1.82) is 5.26 Å². The van der Waals surface area contributed by atoms with Gasteiger partial charge in [-0.25, -0.2) is 15.0 Å². The van der Waals surface area contributed by atoms with E-state index in [-0.39, 0.29) is 0 Å². The van der Waals surface area contributed by atoms with E-state index in [9.17, 15) is 5.26 Å². The number of nitriles is 1. The number of fused-ring (bicyclic) bond motifs is 3. The lowest BCUT2D eigenvalue weighted by atomic mass is 9.67. The molecule has 1 aromatic heterocycles. The van der Waals surface area contributed by atoms with E-state index in [1.54, 1.807) is 0 Å². The van der Waals surface area contributed by atoms with Crippen LogP contribution in [0.4, 0.5) is 0 Å². The summed E-state index contributed by atoms with van der Waals surface area (Å²) in [6, 6.07) is 73.9. The summed E-state index contributed by atoms with van der Waals surface area (Å²) in [5.41, 5.74) is 13.8. The Morgan fingerprint density at radius 2 is 0.807 bits per heavy atom. The maximum atomic E-state index is 9.78. The number of hydrogen-bond acceptors (Lipinski definition) is 4. The van der Waals surface area contributed by atoms with Crippen LogP contribution in [-0.2, 0) is 5.41 Å². The molecule has 0 saturated heterocycles. The van der Waals surface area contributed by atoms with Crippen molar-refractivity contribution in [2.75, 3.05) is 0 Å². The highest BCUT2D eigenvalue weighted by Gasteiger charge is 2.46. The third-order valence-corrected chi connectivity index (χ3v) is 11.1. The van der Waals surface area contributed by atoms with Gasteiger partial charge in [-0.05, 0) is 79.9 Å². The Morgan fingerprint density at radius 1 is 0.333 bits per heavy atom. The highest BCUT2D eigenvalue weighted by Crippen LogP contribution is 2.58. The van der Waals surface area contributed by atoms with E-state index >= 15 is 0 Å². The number of nitrogens with zero attached hydrogens (tertiary/aromatic N) is 4. The SMILES string of the molecule is N#Cc1ccc(-c2cc3c(cc2-c2nc(-c4ccccc4)nc(-c4ccccc4-c4ccccc4)n2)-c2ccccc2C3(c2ccccc2)c2ccccc2)cc1. The van der Waals surface area contributed by atoms with Gasteiger partial charge in [-0.15, -0.1) is 0 Å². The predicted molar refractivity (Wildman–Crippen MR) is 229 cm³/mol. The second kappa shape index (κ2) is 14.2. The van der Waals surface area contributed by atoms with Gasteiger partial charge in [0.1, 0.15) is 0 Å². The predicted octanol–water partition coefficient (Wildman–Crippen LogP) is 12.4. The maximum absolute atomic E-state index is 9.78. The zero-order valence-electron chi connectivity index (χ0n) is 30.9. The average Bonchev–Trinajstić information content (AvgIpc) is 3.59. The van der Waals surface area contributed by atoms with Gasteiger partial charge in [-0.2, -0.15) is 5.26 Å². The van der Waals surface area contributed by atoms with Gasteiger partial charge < -0.3 is 0 Å². The molecular weight excluding hydrogens is 693 g/mol. The van der Waals surface area contributed by atoms with Crippen LogP contribution in [0, 0.1) is 11.3 Å². The number of benzene rings is 8. The van der Waals surface area contributed by atoms with Crippen LogP contribution in [0.2, 0.25) is 0 Å². The van der Waals surface area contributed by atoms with Crippen LogP contribution >= 0.6 is 0 Å². The summed E-state index contributed by atoms with van der Waals surface area (Å²) >= 11 is 0. The third kappa shape index (κ3) is 5.73. The molecule has 0 saturated carbocycles. The molecule has 0 unspecified atom stereocenters. The second-order valence-corrected chi connectivity index (χ2v) is 14.2. The molecule has 1 heterocycles. The largest absolute Gasteiger partial charge is 0.208 e. The van der Waals surface area contributed by atoms with Gasteiger partial charge in [0.05, 0.1) is 17.0 Å². The monoisotopic (exact) mass is 726 g/mol. The second-order valence-electron chi connectivity index (χ2n) is 14.2. The molecule has 10 rings (SSSR count). The first-order chi connectivity index (χ1) is 28.2. The minimum atomic E-state index is -0.595. The van der Waals surface area contributed by atoms with Crippen molar-refractivity contribution in [2.45, 2.75) is 5.41 Å². The fraction of sp³-hybridized carbons (Fsp3) is 0.0189. The lowest BCUT2D eigenvalue weighted by molar-refractivity contribution is 0.769. The average molecular weight is 727 g/mol. The molecule has 0 aliphatic heterocycles. The fourth-order valence-electron chi connectivity index (χ4n) is 8.52. The first-order valence-corrected chi connectivity index (χ1v) is 19.1. The number of rotatable bonds is 7. The molecule has 4 nitrogen and oxygen atoms in total. The summed E-state index contributed by atoms with van der Waals surface area (Å²) in [7, 11) is 0. The van der Waals surface area contributed by atoms with E-state index < -0.39 is 5.41 Å². The van der Waals surface area contributed by atoms with Crippen molar-refractivity contribution in [3.63, 3.8) is 0 Å². The Labute approximate surface area is 332 Å². The Morgan fingerprint density at radius 3 is 1.42 bits per heavy atom. The van der Waals surface area contributed by atoms with Crippen molar-refractivity contribution in [2.24, 2.45) is 0 Å². The molecule has 9 aromatic rings. The highest BCUT2D eigenvalue weighted by molar-refractivity contribution is 5.94. The van der Waals surface area contributed by atoms with E-state index in [4.69, 9.17) is 15.0 Å². The van der Waals surface area contributed by atoms with E-state index in [2.05, 4.69) is 146 Å². The summed E-state index contributed by atoms with van der Waals surface area (Å²) in [5.74, 6) is 1.75. The van der Waals surface area contributed by atoms with E-state index in [1.165, 1.54) is 27.8 Å². The molecule has 0 amide bonds. The summed E-state index contributed by atoms with van der Waals surface area (Å²) in [5, 5.41) is 9.78. The molecule has 0 bridgehead atoms. The molecule has 0 radical (unpaired) electrons. The van der Waals surface area contributed by atoms with Crippen LogP contribution in [-0.4, -0.2) is 15.0 Å². The lowest BCUT2D eigenvalue weighted by Gasteiger charge is -2.34. The van der Waals surface area contributed by atoms with Gasteiger partial charge in [0.15, 0.2) is 17.5 Å². The standard InChI is InChI=1S/C53H34N4/c54-35-36-29-31-38(32-30-36)45-34-49-46(43-26-15-16-28-48(43)53(49,40-21-9-3-10-22-40)41-23-11-4-12-24-41)33-47(45)52-56-50(39-19-7-2-8-20-39)55-51(57-52)44-27-14-13-25-42(44)37-17-5-1-6-18-37/h1-34H. The highest BCUT2D eigenvalue weighted by atomic mass is 15.0. The van der Waals surface area contributed by atoms with Gasteiger partial charge >= 0.3 is 0 Å². The third-order valence-electron chi connectivity index (χ3n) is 11.1. The van der Waals surface area contributed by atoms with Crippen LogP contribution in [0.15, 0.2) is 206 Å². The molecule has 1 aliphatic rings.